The lowest BCUT2D eigenvalue weighted by Gasteiger charge is -2.18. The van der Waals surface area contributed by atoms with Gasteiger partial charge in [0.15, 0.2) is 6.61 Å². The van der Waals surface area contributed by atoms with Crippen LogP contribution >= 0.6 is 0 Å². The van der Waals surface area contributed by atoms with E-state index in [1.165, 1.54) is 24.1 Å². The van der Waals surface area contributed by atoms with Crippen LogP contribution in [-0.2, 0) is 4.79 Å². The first-order valence-corrected chi connectivity index (χ1v) is 6.95. The van der Waals surface area contributed by atoms with Crippen LogP contribution in [0.15, 0.2) is 48.5 Å². The van der Waals surface area contributed by atoms with Crippen LogP contribution in [0.25, 0.3) is 0 Å². The summed E-state index contributed by atoms with van der Waals surface area (Å²) in [5, 5.41) is 0. The van der Waals surface area contributed by atoms with E-state index in [0.29, 0.717) is 5.75 Å². The van der Waals surface area contributed by atoms with Gasteiger partial charge in [-0.25, -0.2) is 0 Å². The molecular formula is C17H18N2O4. The van der Waals surface area contributed by atoms with Gasteiger partial charge in [0.25, 0.3) is 11.8 Å². The predicted molar refractivity (Wildman–Crippen MR) is 86.9 cm³/mol. The highest BCUT2D eigenvalue weighted by atomic mass is 16.5. The minimum atomic E-state index is -0.633. The molecule has 2 aromatic carbocycles. The number of rotatable bonds is 6. The molecule has 6 heteroatoms. The molecule has 0 aliphatic heterocycles. The summed E-state index contributed by atoms with van der Waals surface area (Å²) >= 11 is 0. The van der Waals surface area contributed by atoms with Crippen molar-refractivity contribution in [3.63, 3.8) is 0 Å². The highest BCUT2D eigenvalue weighted by molar-refractivity contribution is 5.96. The number of primary amides is 1. The molecule has 23 heavy (non-hydrogen) atoms. The molecule has 0 saturated heterocycles. The average Bonchev–Trinajstić information content (AvgIpc) is 2.59. The molecule has 6 nitrogen and oxygen atoms in total. The Balaban J connectivity index is 2.11. The van der Waals surface area contributed by atoms with Crippen molar-refractivity contribution < 1.29 is 19.1 Å². The van der Waals surface area contributed by atoms with Gasteiger partial charge in [-0.05, 0) is 24.3 Å². The second-order valence-electron chi connectivity index (χ2n) is 4.80. The van der Waals surface area contributed by atoms with Crippen molar-refractivity contribution in [2.75, 3.05) is 25.7 Å². The number of hydrogen-bond donors (Lipinski definition) is 1. The molecule has 2 rings (SSSR count). The van der Waals surface area contributed by atoms with Crippen molar-refractivity contribution >= 4 is 17.5 Å². The van der Waals surface area contributed by atoms with Crippen LogP contribution in [0.2, 0.25) is 0 Å². The van der Waals surface area contributed by atoms with E-state index in [-0.39, 0.29) is 23.8 Å². The zero-order valence-electron chi connectivity index (χ0n) is 13.0. The number of hydrogen-bond acceptors (Lipinski definition) is 4. The summed E-state index contributed by atoms with van der Waals surface area (Å²) in [4.78, 5) is 25.1. The molecule has 0 unspecified atom stereocenters. The Labute approximate surface area is 134 Å². The molecule has 120 valence electrons. The molecule has 2 amide bonds. The Hall–Kier alpha value is -3.02. The largest absolute Gasteiger partial charge is 0.497 e. The minimum absolute atomic E-state index is 0.195. The third-order valence-corrected chi connectivity index (χ3v) is 3.32. The van der Waals surface area contributed by atoms with Gasteiger partial charge < -0.3 is 20.1 Å². The molecule has 0 spiro atoms. The Kier molecular flexibility index (Phi) is 5.19. The first-order valence-electron chi connectivity index (χ1n) is 6.95. The summed E-state index contributed by atoms with van der Waals surface area (Å²) in [6.07, 6.45) is 0. The fourth-order valence-electron chi connectivity index (χ4n) is 1.98. The number of carbonyl (C=O) groups excluding carboxylic acids is 2. The van der Waals surface area contributed by atoms with Crippen LogP contribution in [0, 0.1) is 0 Å². The maximum atomic E-state index is 12.2. The Morgan fingerprint density at radius 1 is 1.13 bits per heavy atom. The van der Waals surface area contributed by atoms with E-state index in [1.54, 1.807) is 13.1 Å². The summed E-state index contributed by atoms with van der Waals surface area (Å²) in [5.41, 5.74) is 6.26. The standard InChI is InChI=1S/C17H18N2O4/c1-19(12-6-4-3-5-7-12)16(20)11-23-15-10-13(22-2)8-9-14(15)17(18)21/h3-10H,11H2,1-2H3,(H2,18,21). The Bertz CT molecular complexity index is 701. The number of para-hydroxylation sites is 1. The van der Waals surface area contributed by atoms with Gasteiger partial charge in [0, 0.05) is 18.8 Å². The number of nitrogens with two attached hydrogens (primary N) is 1. The predicted octanol–water partition coefficient (Wildman–Crippen LogP) is 1.84. The lowest BCUT2D eigenvalue weighted by atomic mass is 10.2. The van der Waals surface area contributed by atoms with Crippen molar-refractivity contribution in [3.8, 4) is 11.5 Å². The second kappa shape index (κ2) is 7.31. The molecule has 0 aromatic heterocycles. The first kappa shape index (κ1) is 16.4. The zero-order chi connectivity index (χ0) is 16.8. The van der Waals surface area contributed by atoms with Crippen LogP contribution in [0.4, 0.5) is 5.69 Å². The molecule has 0 radical (unpaired) electrons. The van der Waals surface area contributed by atoms with Gasteiger partial charge in [0.05, 0.1) is 12.7 Å². The minimum Gasteiger partial charge on any atom is -0.497 e. The smallest absolute Gasteiger partial charge is 0.264 e. The van der Waals surface area contributed by atoms with Crippen LogP contribution in [0.5, 0.6) is 11.5 Å². The highest BCUT2D eigenvalue weighted by Crippen LogP contribution is 2.24. The SMILES string of the molecule is COc1ccc(C(N)=O)c(OCC(=O)N(C)c2ccccc2)c1. The lowest BCUT2D eigenvalue weighted by molar-refractivity contribution is -0.120. The van der Waals surface area contributed by atoms with E-state index in [2.05, 4.69) is 0 Å². The number of benzene rings is 2. The van der Waals surface area contributed by atoms with E-state index in [4.69, 9.17) is 15.2 Å². The lowest BCUT2D eigenvalue weighted by Crippen LogP contribution is -2.31. The molecule has 0 atom stereocenters. The number of likely N-dealkylation sites (N-methyl/N-ethyl adjacent to an activating group) is 1. The van der Waals surface area contributed by atoms with Crippen molar-refractivity contribution in [2.24, 2.45) is 5.73 Å². The number of ether oxygens (including phenoxy) is 2. The third kappa shape index (κ3) is 4.00. The third-order valence-electron chi connectivity index (χ3n) is 3.32. The fraction of sp³-hybridized carbons (Fsp3) is 0.176. The van der Waals surface area contributed by atoms with Gasteiger partial charge in [-0.2, -0.15) is 0 Å². The summed E-state index contributed by atoms with van der Waals surface area (Å²) in [6.45, 7) is -0.223. The molecule has 0 aliphatic rings. The van der Waals surface area contributed by atoms with Crippen molar-refractivity contribution in [2.45, 2.75) is 0 Å². The van der Waals surface area contributed by atoms with Crippen LogP contribution in [0.1, 0.15) is 10.4 Å². The van der Waals surface area contributed by atoms with Crippen LogP contribution < -0.4 is 20.1 Å². The second-order valence-corrected chi connectivity index (χ2v) is 4.80. The maximum Gasteiger partial charge on any atom is 0.264 e. The van der Waals surface area contributed by atoms with Crippen molar-refractivity contribution in [1.29, 1.82) is 0 Å². The summed E-state index contributed by atoms with van der Waals surface area (Å²) in [7, 11) is 3.15. The Morgan fingerprint density at radius 2 is 1.83 bits per heavy atom. The van der Waals surface area contributed by atoms with Crippen LogP contribution in [-0.4, -0.2) is 32.6 Å². The van der Waals surface area contributed by atoms with E-state index in [9.17, 15) is 9.59 Å². The molecule has 0 fully saturated rings. The van der Waals surface area contributed by atoms with Gasteiger partial charge in [-0.1, -0.05) is 18.2 Å². The topological polar surface area (TPSA) is 81.9 Å². The van der Waals surface area contributed by atoms with Gasteiger partial charge in [0.1, 0.15) is 11.5 Å². The summed E-state index contributed by atoms with van der Waals surface area (Å²) < 4.78 is 10.6. The van der Waals surface area contributed by atoms with Gasteiger partial charge in [-0.15, -0.1) is 0 Å². The van der Waals surface area contributed by atoms with E-state index in [0.717, 1.165) is 5.69 Å². The highest BCUT2D eigenvalue weighted by Gasteiger charge is 2.15. The molecule has 0 aliphatic carbocycles. The molecule has 0 saturated carbocycles. The number of amides is 2. The Morgan fingerprint density at radius 3 is 2.43 bits per heavy atom. The van der Waals surface area contributed by atoms with Crippen LogP contribution in [0.3, 0.4) is 0 Å². The summed E-state index contributed by atoms with van der Waals surface area (Å²) in [5.74, 6) is -0.165. The van der Waals surface area contributed by atoms with Gasteiger partial charge >= 0.3 is 0 Å². The number of carbonyl (C=O) groups is 2. The van der Waals surface area contributed by atoms with Gasteiger partial charge in [-0.3, -0.25) is 9.59 Å². The quantitative estimate of drug-likeness (QED) is 0.882. The molecule has 2 aromatic rings. The molecule has 2 N–H and O–H groups in total. The maximum absolute atomic E-state index is 12.2. The molecular weight excluding hydrogens is 296 g/mol. The van der Waals surface area contributed by atoms with E-state index >= 15 is 0 Å². The summed E-state index contributed by atoms with van der Waals surface area (Å²) in [6, 6.07) is 13.8. The van der Waals surface area contributed by atoms with E-state index in [1.807, 2.05) is 30.3 Å². The van der Waals surface area contributed by atoms with Crippen molar-refractivity contribution in [3.05, 3.63) is 54.1 Å². The van der Waals surface area contributed by atoms with Gasteiger partial charge in [0.2, 0.25) is 0 Å². The normalized spacial score (nSPS) is 10.0. The number of methoxy groups -OCH3 is 1. The average molecular weight is 314 g/mol. The first-order chi connectivity index (χ1) is 11.0. The number of anilines is 1. The molecule has 0 bridgehead atoms. The van der Waals surface area contributed by atoms with E-state index < -0.39 is 5.91 Å². The fourth-order valence-corrected chi connectivity index (χ4v) is 1.98. The molecule has 0 heterocycles. The monoisotopic (exact) mass is 314 g/mol. The zero-order valence-corrected chi connectivity index (χ0v) is 13.0. The number of nitrogens with zero attached hydrogens (tertiary/aromatic N) is 1. The van der Waals surface area contributed by atoms with Crippen molar-refractivity contribution in [1.82, 2.24) is 0 Å².